The van der Waals surface area contributed by atoms with Crippen molar-refractivity contribution in [3.8, 4) is 0 Å². The van der Waals surface area contributed by atoms with Crippen LogP contribution in [0.4, 0.5) is 4.79 Å². The Bertz CT molecular complexity index is 569. The Kier molecular flexibility index (Phi) is 6.15. The van der Waals surface area contributed by atoms with Crippen LogP contribution in [0.1, 0.15) is 41.2 Å². The average Bonchev–Trinajstić information content (AvgIpc) is 2.97. The maximum absolute atomic E-state index is 11.8. The summed E-state index contributed by atoms with van der Waals surface area (Å²) in [6.45, 7) is 4.39. The number of carbonyl (C=O) groups excluding carboxylic acids is 3. The van der Waals surface area contributed by atoms with Gasteiger partial charge in [0.05, 0.1) is 18.8 Å². The number of hydrogen-bond acceptors (Lipinski definition) is 6. The van der Waals surface area contributed by atoms with Crippen LogP contribution in [0.3, 0.4) is 0 Å². The molecular formula is C16H21NO5S. The van der Waals surface area contributed by atoms with Gasteiger partial charge in [-0.25, -0.2) is 9.59 Å². The van der Waals surface area contributed by atoms with Crippen molar-refractivity contribution in [2.45, 2.75) is 45.3 Å². The number of esters is 1. The standard InChI is InChI=1S/C16H21NO5S/c1-11(2)22-15(19)14-6-5-13(23-14)4-3-8-17-12(10-18)7-9-21-16(17)20/h5-6,10-12H,3-4,7-9H2,1-2H3/t12-/m1/s1. The number of carbonyl (C=O) groups is 3. The lowest BCUT2D eigenvalue weighted by atomic mass is 10.1. The third-order valence-corrected chi connectivity index (χ3v) is 4.58. The molecule has 7 heteroatoms. The van der Waals surface area contributed by atoms with E-state index in [1.54, 1.807) is 6.07 Å². The minimum Gasteiger partial charge on any atom is -0.459 e. The highest BCUT2D eigenvalue weighted by Crippen LogP contribution is 2.20. The predicted molar refractivity (Wildman–Crippen MR) is 85.7 cm³/mol. The van der Waals surface area contributed by atoms with Crippen LogP contribution in [-0.4, -0.2) is 48.5 Å². The zero-order valence-electron chi connectivity index (χ0n) is 13.3. The monoisotopic (exact) mass is 339 g/mol. The van der Waals surface area contributed by atoms with Gasteiger partial charge in [-0.3, -0.25) is 4.90 Å². The van der Waals surface area contributed by atoms with Gasteiger partial charge in [-0.2, -0.15) is 0 Å². The van der Waals surface area contributed by atoms with E-state index >= 15 is 0 Å². The van der Waals surface area contributed by atoms with Crippen molar-refractivity contribution in [2.24, 2.45) is 0 Å². The normalized spacial score (nSPS) is 18.0. The summed E-state index contributed by atoms with van der Waals surface area (Å²) < 4.78 is 10.1. The lowest BCUT2D eigenvalue weighted by molar-refractivity contribution is -0.113. The van der Waals surface area contributed by atoms with E-state index in [0.717, 1.165) is 17.6 Å². The fourth-order valence-corrected chi connectivity index (χ4v) is 3.29. The quantitative estimate of drug-likeness (QED) is 0.564. The summed E-state index contributed by atoms with van der Waals surface area (Å²) in [5.41, 5.74) is 0. The molecule has 0 aromatic carbocycles. The third-order valence-electron chi connectivity index (χ3n) is 3.46. The zero-order valence-corrected chi connectivity index (χ0v) is 14.1. The first-order chi connectivity index (χ1) is 11.0. The molecule has 0 N–H and O–H groups in total. The molecule has 0 spiro atoms. The molecule has 23 heavy (non-hydrogen) atoms. The molecule has 1 saturated heterocycles. The minimum absolute atomic E-state index is 0.140. The highest BCUT2D eigenvalue weighted by Gasteiger charge is 2.28. The second kappa shape index (κ2) is 8.10. The molecule has 6 nitrogen and oxygen atoms in total. The van der Waals surface area contributed by atoms with Crippen molar-refractivity contribution < 1.29 is 23.9 Å². The number of cyclic esters (lactones) is 1. The van der Waals surface area contributed by atoms with Crippen molar-refractivity contribution in [2.75, 3.05) is 13.2 Å². The van der Waals surface area contributed by atoms with E-state index in [4.69, 9.17) is 9.47 Å². The van der Waals surface area contributed by atoms with Crippen molar-refractivity contribution >= 4 is 29.7 Å². The smallest absolute Gasteiger partial charge is 0.410 e. The second-order valence-electron chi connectivity index (χ2n) is 5.62. The van der Waals surface area contributed by atoms with Crippen LogP contribution < -0.4 is 0 Å². The Morgan fingerprint density at radius 3 is 3.00 bits per heavy atom. The van der Waals surface area contributed by atoms with Gasteiger partial charge >= 0.3 is 12.1 Å². The SMILES string of the molecule is CC(C)OC(=O)c1ccc(CCCN2C(=O)OCC[C@@H]2C=O)s1. The Morgan fingerprint density at radius 1 is 1.52 bits per heavy atom. The topological polar surface area (TPSA) is 72.9 Å². The van der Waals surface area contributed by atoms with E-state index < -0.39 is 12.1 Å². The van der Waals surface area contributed by atoms with Crippen LogP contribution in [0.5, 0.6) is 0 Å². The van der Waals surface area contributed by atoms with Gasteiger partial charge in [-0.1, -0.05) is 0 Å². The summed E-state index contributed by atoms with van der Waals surface area (Å²) in [7, 11) is 0. The molecule has 1 amide bonds. The van der Waals surface area contributed by atoms with Gasteiger partial charge in [0.15, 0.2) is 0 Å². The molecule has 0 radical (unpaired) electrons. The number of amides is 1. The first kappa shape index (κ1) is 17.5. The number of hydrogen-bond donors (Lipinski definition) is 0. The molecule has 1 aromatic rings. The van der Waals surface area contributed by atoms with Crippen LogP contribution >= 0.6 is 11.3 Å². The maximum atomic E-state index is 11.8. The number of aryl methyl sites for hydroxylation is 1. The van der Waals surface area contributed by atoms with Crippen molar-refractivity contribution in [1.82, 2.24) is 4.90 Å². The molecule has 1 fully saturated rings. The average molecular weight is 339 g/mol. The van der Waals surface area contributed by atoms with Gasteiger partial charge in [-0.15, -0.1) is 11.3 Å². The minimum atomic E-state index is -0.430. The molecule has 0 bridgehead atoms. The Morgan fingerprint density at radius 2 is 2.30 bits per heavy atom. The lowest BCUT2D eigenvalue weighted by Crippen LogP contribution is -2.47. The van der Waals surface area contributed by atoms with E-state index in [1.165, 1.54) is 16.2 Å². The van der Waals surface area contributed by atoms with E-state index in [2.05, 4.69) is 0 Å². The van der Waals surface area contributed by atoms with Gasteiger partial charge in [0.25, 0.3) is 0 Å². The molecule has 2 rings (SSSR count). The molecule has 126 valence electrons. The van der Waals surface area contributed by atoms with E-state index in [9.17, 15) is 14.4 Å². The van der Waals surface area contributed by atoms with Gasteiger partial charge in [0, 0.05) is 17.8 Å². The molecule has 1 aliphatic heterocycles. The Balaban J connectivity index is 1.84. The molecule has 1 aliphatic rings. The van der Waals surface area contributed by atoms with Gasteiger partial charge in [0.2, 0.25) is 0 Å². The van der Waals surface area contributed by atoms with E-state index in [0.29, 0.717) is 30.9 Å². The van der Waals surface area contributed by atoms with E-state index in [1.807, 2.05) is 19.9 Å². The van der Waals surface area contributed by atoms with Crippen LogP contribution in [0, 0.1) is 0 Å². The fraction of sp³-hybridized carbons (Fsp3) is 0.562. The summed E-state index contributed by atoms with van der Waals surface area (Å²) in [5.74, 6) is -0.308. The number of ether oxygens (including phenoxy) is 2. The molecule has 0 aliphatic carbocycles. The molecule has 1 aromatic heterocycles. The van der Waals surface area contributed by atoms with Crippen LogP contribution in [0.2, 0.25) is 0 Å². The summed E-state index contributed by atoms with van der Waals surface area (Å²) in [5, 5.41) is 0. The molecule has 2 heterocycles. The predicted octanol–water partition coefficient (Wildman–Crippen LogP) is 2.66. The first-order valence-electron chi connectivity index (χ1n) is 7.69. The number of thiophene rings is 1. The highest BCUT2D eigenvalue weighted by molar-refractivity contribution is 7.13. The molecule has 0 saturated carbocycles. The summed E-state index contributed by atoms with van der Waals surface area (Å²) in [6, 6.07) is 3.26. The molecule has 1 atom stereocenters. The molecular weight excluding hydrogens is 318 g/mol. The van der Waals surface area contributed by atoms with Gasteiger partial charge < -0.3 is 14.3 Å². The van der Waals surface area contributed by atoms with Gasteiger partial charge in [0.1, 0.15) is 11.2 Å². The zero-order chi connectivity index (χ0) is 16.8. The fourth-order valence-electron chi connectivity index (χ4n) is 2.36. The summed E-state index contributed by atoms with van der Waals surface area (Å²) >= 11 is 1.40. The van der Waals surface area contributed by atoms with Crippen molar-refractivity contribution in [3.63, 3.8) is 0 Å². The Labute approximate surface area is 139 Å². The third kappa shape index (κ3) is 4.79. The van der Waals surface area contributed by atoms with E-state index in [-0.39, 0.29) is 12.1 Å². The Hall–Kier alpha value is -1.89. The highest BCUT2D eigenvalue weighted by atomic mass is 32.1. The lowest BCUT2D eigenvalue weighted by Gasteiger charge is -2.31. The van der Waals surface area contributed by atoms with Crippen molar-refractivity contribution in [3.05, 3.63) is 21.9 Å². The molecule has 0 unspecified atom stereocenters. The van der Waals surface area contributed by atoms with Gasteiger partial charge in [-0.05, 0) is 38.8 Å². The maximum Gasteiger partial charge on any atom is 0.410 e. The number of rotatable bonds is 7. The summed E-state index contributed by atoms with van der Waals surface area (Å²) in [6.07, 6.45) is 2.21. The summed E-state index contributed by atoms with van der Waals surface area (Å²) in [4.78, 5) is 37.6. The largest absolute Gasteiger partial charge is 0.459 e. The second-order valence-corrected chi connectivity index (χ2v) is 6.79. The number of aldehydes is 1. The first-order valence-corrected chi connectivity index (χ1v) is 8.51. The van der Waals surface area contributed by atoms with Crippen LogP contribution in [-0.2, 0) is 20.7 Å². The van der Waals surface area contributed by atoms with Crippen molar-refractivity contribution in [1.29, 1.82) is 0 Å². The van der Waals surface area contributed by atoms with Crippen LogP contribution in [0.25, 0.3) is 0 Å². The number of nitrogens with zero attached hydrogens (tertiary/aromatic N) is 1. The van der Waals surface area contributed by atoms with Crippen LogP contribution in [0.15, 0.2) is 12.1 Å².